The van der Waals surface area contributed by atoms with E-state index in [1.807, 2.05) is 31.2 Å². The van der Waals surface area contributed by atoms with E-state index in [9.17, 15) is 4.79 Å². The Labute approximate surface area is 131 Å². The van der Waals surface area contributed by atoms with E-state index in [4.69, 9.17) is 4.74 Å². The summed E-state index contributed by atoms with van der Waals surface area (Å²) < 4.78 is 5.39. The van der Waals surface area contributed by atoms with Gasteiger partial charge in [-0.15, -0.1) is 0 Å². The minimum Gasteiger partial charge on any atom is -0.494 e. The van der Waals surface area contributed by atoms with Crippen LogP contribution in [0.4, 0.5) is 0 Å². The fourth-order valence-corrected chi connectivity index (χ4v) is 3.91. The van der Waals surface area contributed by atoms with Crippen molar-refractivity contribution in [3.05, 3.63) is 29.8 Å². The van der Waals surface area contributed by atoms with Gasteiger partial charge in [-0.05, 0) is 60.9 Å². The van der Waals surface area contributed by atoms with Gasteiger partial charge in [-0.25, -0.2) is 5.43 Å². The molecule has 2 aliphatic carbocycles. The first kappa shape index (κ1) is 15.1. The number of fused-ring (bicyclic) bond motifs is 1. The maximum atomic E-state index is 12.3. The Morgan fingerprint density at radius 1 is 1.41 bits per heavy atom. The number of nitrogens with one attached hydrogen (secondary N) is 1. The number of carbonyl (C=O) groups is 1. The lowest BCUT2D eigenvalue weighted by Crippen LogP contribution is -2.22. The Hall–Kier alpha value is -1.84. The zero-order chi connectivity index (χ0) is 15.6. The molecule has 2 saturated carbocycles. The molecule has 22 heavy (non-hydrogen) atoms. The zero-order valence-electron chi connectivity index (χ0n) is 13.3. The van der Waals surface area contributed by atoms with Gasteiger partial charge in [0, 0.05) is 5.92 Å². The lowest BCUT2D eigenvalue weighted by molar-refractivity contribution is -0.123. The standard InChI is InChI=1S/C18H24N2O2/c1-3-22-14-9-7-13(8-10-14)12-19-20-17(21)16-15-6-4-5-11-18(15,16)2/h7-10,12,15-16H,3-6,11H2,1-2H3,(H,20,21). The van der Waals surface area contributed by atoms with E-state index in [1.54, 1.807) is 6.21 Å². The molecule has 3 unspecified atom stereocenters. The second kappa shape index (κ2) is 6.11. The van der Waals surface area contributed by atoms with Crippen molar-refractivity contribution in [1.29, 1.82) is 0 Å². The van der Waals surface area contributed by atoms with Gasteiger partial charge in [0.2, 0.25) is 5.91 Å². The molecule has 4 heteroatoms. The van der Waals surface area contributed by atoms with Crippen LogP contribution in [0.5, 0.6) is 5.75 Å². The van der Waals surface area contributed by atoms with Gasteiger partial charge in [0.1, 0.15) is 5.75 Å². The van der Waals surface area contributed by atoms with Crippen molar-refractivity contribution in [2.75, 3.05) is 6.61 Å². The summed E-state index contributed by atoms with van der Waals surface area (Å²) in [7, 11) is 0. The highest BCUT2D eigenvalue weighted by atomic mass is 16.5. The highest BCUT2D eigenvalue weighted by Gasteiger charge is 2.64. The number of rotatable bonds is 5. The molecule has 2 aliphatic rings. The first-order valence-electron chi connectivity index (χ1n) is 8.21. The minimum atomic E-state index is 0.0802. The average molecular weight is 300 g/mol. The van der Waals surface area contributed by atoms with Gasteiger partial charge >= 0.3 is 0 Å². The molecule has 1 aromatic rings. The quantitative estimate of drug-likeness (QED) is 0.669. The molecule has 0 spiro atoms. The predicted molar refractivity (Wildman–Crippen MR) is 86.9 cm³/mol. The maximum absolute atomic E-state index is 12.3. The Morgan fingerprint density at radius 2 is 2.18 bits per heavy atom. The zero-order valence-corrected chi connectivity index (χ0v) is 13.3. The lowest BCUT2D eigenvalue weighted by Gasteiger charge is -2.15. The molecule has 1 amide bonds. The lowest BCUT2D eigenvalue weighted by atomic mass is 9.90. The van der Waals surface area contributed by atoms with Crippen LogP contribution in [0.2, 0.25) is 0 Å². The van der Waals surface area contributed by atoms with Crippen molar-refractivity contribution in [3.8, 4) is 5.75 Å². The largest absolute Gasteiger partial charge is 0.494 e. The van der Waals surface area contributed by atoms with Crippen LogP contribution >= 0.6 is 0 Å². The van der Waals surface area contributed by atoms with Crippen molar-refractivity contribution >= 4 is 12.1 Å². The molecule has 2 fully saturated rings. The Morgan fingerprint density at radius 3 is 2.82 bits per heavy atom. The molecule has 0 bridgehead atoms. The first-order chi connectivity index (χ1) is 10.6. The summed E-state index contributed by atoms with van der Waals surface area (Å²) in [6.07, 6.45) is 6.57. The molecule has 1 N–H and O–H groups in total. The van der Waals surface area contributed by atoms with E-state index in [0.29, 0.717) is 12.5 Å². The van der Waals surface area contributed by atoms with Crippen molar-refractivity contribution in [2.45, 2.75) is 39.5 Å². The summed E-state index contributed by atoms with van der Waals surface area (Å²) in [4.78, 5) is 12.3. The number of nitrogens with zero attached hydrogens (tertiary/aromatic N) is 1. The maximum Gasteiger partial charge on any atom is 0.244 e. The molecule has 1 aromatic carbocycles. The monoisotopic (exact) mass is 300 g/mol. The van der Waals surface area contributed by atoms with Gasteiger partial charge in [0.05, 0.1) is 12.8 Å². The molecule has 0 saturated heterocycles. The topological polar surface area (TPSA) is 50.7 Å². The molecular formula is C18H24N2O2. The van der Waals surface area contributed by atoms with Crippen LogP contribution in [0, 0.1) is 17.3 Å². The molecule has 0 heterocycles. The number of hydrazone groups is 1. The third kappa shape index (κ3) is 2.87. The number of amides is 1. The second-order valence-electron chi connectivity index (χ2n) is 6.57. The fraction of sp³-hybridized carbons (Fsp3) is 0.556. The van der Waals surface area contributed by atoms with Crippen molar-refractivity contribution in [2.24, 2.45) is 22.4 Å². The molecule has 3 atom stereocenters. The van der Waals surface area contributed by atoms with Gasteiger partial charge < -0.3 is 4.74 Å². The van der Waals surface area contributed by atoms with Gasteiger partial charge in [0.15, 0.2) is 0 Å². The Kier molecular flexibility index (Phi) is 4.19. The van der Waals surface area contributed by atoms with Crippen LogP contribution in [0.25, 0.3) is 0 Å². The average Bonchev–Trinajstić information content (AvgIpc) is 3.15. The molecule has 0 aliphatic heterocycles. The highest BCUT2D eigenvalue weighted by Crippen LogP contribution is 2.66. The van der Waals surface area contributed by atoms with Crippen LogP contribution in [0.1, 0.15) is 45.1 Å². The number of benzene rings is 1. The van der Waals surface area contributed by atoms with E-state index in [-0.39, 0.29) is 17.2 Å². The van der Waals surface area contributed by atoms with Crippen molar-refractivity contribution in [1.82, 2.24) is 5.43 Å². The summed E-state index contributed by atoms with van der Waals surface area (Å²) >= 11 is 0. The third-order valence-electron chi connectivity index (χ3n) is 5.19. The highest BCUT2D eigenvalue weighted by molar-refractivity contribution is 5.85. The van der Waals surface area contributed by atoms with E-state index in [2.05, 4.69) is 17.5 Å². The summed E-state index contributed by atoms with van der Waals surface area (Å²) in [6.45, 7) is 4.86. The van der Waals surface area contributed by atoms with E-state index in [0.717, 1.165) is 11.3 Å². The number of hydrogen-bond acceptors (Lipinski definition) is 3. The van der Waals surface area contributed by atoms with Gasteiger partial charge in [-0.1, -0.05) is 19.8 Å². The molecule has 0 aromatic heterocycles. The van der Waals surface area contributed by atoms with Gasteiger partial charge in [-0.3, -0.25) is 4.79 Å². The Bertz CT molecular complexity index is 567. The molecule has 4 nitrogen and oxygen atoms in total. The number of ether oxygens (including phenoxy) is 1. The SMILES string of the molecule is CCOc1ccc(C=NNC(=O)C2C3CCCCC32C)cc1. The van der Waals surface area contributed by atoms with E-state index < -0.39 is 0 Å². The van der Waals surface area contributed by atoms with Crippen LogP contribution in [0.15, 0.2) is 29.4 Å². The van der Waals surface area contributed by atoms with Gasteiger partial charge in [-0.2, -0.15) is 5.10 Å². The van der Waals surface area contributed by atoms with Crippen LogP contribution < -0.4 is 10.2 Å². The van der Waals surface area contributed by atoms with Crippen LogP contribution in [0.3, 0.4) is 0 Å². The Balaban J connectivity index is 1.53. The molecular weight excluding hydrogens is 276 g/mol. The molecule has 3 rings (SSSR count). The molecule has 118 valence electrons. The summed E-state index contributed by atoms with van der Waals surface area (Å²) in [5.41, 5.74) is 3.89. The summed E-state index contributed by atoms with van der Waals surface area (Å²) in [5, 5.41) is 4.10. The first-order valence-corrected chi connectivity index (χ1v) is 8.21. The second-order valence-corrected chi connectivity index (χ2v) is 6.57. The third-order valence-corrected chi connectivity index (χ3v) is 5.19. The van der Waals surface area contributed by atoms with E-state index >= 15 is 0 Å². The fourth-order valence-electron chi connectivity index (χ4n) is 3.91. The van der Waals surface area contributed by atoms with Crippen molar-refractivity contribution < 1.29 is 9.53 Å². The van der Waals surface area contributed by atoms with Crippen molar-refractivity contribution in [3.63, 3.8) is 0 Å². The number of carbonyl (C=O) groups excluding carboxylic acids is 1. The minimum absolute atomic E-state index is 0.0802. The number of hydrogen-bond donors (Lipinski definition) is 1. The smallest absolute Gasteiger partial charge is 0.244 e. The van der Waals surface area contributed by atoms with Gasteiger partial charge in [0.25, 0.3) is 0 Å². The van der Waals surface area contributed by atoms with Crippen LogP contribution in [-0.4, -0.2) is 18.7 Å². The van der Waals surface area contributed by atoms with E-state index in [1.165, 1.54) is 25.7 Å². The van der Waals surface area contributed by atoms with Crippen LogP contribution in [-0.2, 0) is 4.79 Å². The predicted octanol–water partition coefficient (Wildman–Crippen LogP) is 3.36. The molecule has 0 radical (unpaired) electrons. The summed E-state index contributed by atoms with van der Waals surface area (Å²) in [6, 6.07) is 7.67. The normalized spacial score (nSPS) is 29.9. The summed E-state index contributed by atoms with van der Waals surface area (Å²) in [5.74, 6) is 1.66.